The van der Waals surface area contributed by atoms with Crippen LogP contribution in [0.5, 0.6) is 11.5 Å². The van der Waals surface area contributed by atoms with Crippen LogP contribution in [0.15, 0.2) is 77.0 Å². The Bertz CT molecular complexity index is 1320. The van der Waals surface area contributed by atoms with Crippen molar-refractivity contribution in [2.45, 2.75) is 18.6 Å². The van der Waals surface area contributed by atoms with Crippen LogP contribution in [0.4, 0.5) is 0 Å². The molecule has 8 heteroatoms. The minimum Gasteiger partial charge on any atom is -0.493 e. The minimum atomic E-state index is -0.225. The average molecular weight is 475 g/mol. The first kappa shape index (κ1) is 23.4. The van der Waals surface area contributed by atoms with Crippen molar-refractivity contribution >= 4 is 34.9 Å². The Hall–Kier alpha value is -3.78. The molecule has 4 aromatic rings. The van der Waals surface area contributed by atoms with Gasteiger partial charge in [0.2, 0.25) is 0 Å². The van der Waals surface area contributed by atoms with Gasteiger partial charge >= 0.3 is 0 Å². The predicted molar refractivity (Wildman–Crippen MR) is 136 cm³/mol. The number of amides is 1. The molecule has 0 saturated carbocycles. The maximum absolute atomic E-state index is 12.5. The van der Waals surface area contributed by atoms with E-state index < -0.39 is 0 Å². The molecule has 0 unspecified atom stereocenters. The number of para-hydroxylation sites is 3. The van der Waals surface area contributed by atoms with Gasteiger partial charge < -0.3 is 14.0 Å². The summed E-state index contributed by atoms with van der Waals surface area (Å²) in [5, 5.41) is 4.87. The Balaban J connectivity index is 1.45. The zero-order valence-electron chi connectivity index (χ0n) is 19.3. The van der Waals surface area contributed by atoms with Gasteiger partial charge in [0.05, 0.1) is 43.8 Å². The molecule has 0 saturated heterocycles. The summed E-state index contributed by atoms with van der Waals surface area (Å²) >= 11 is 1.38. The van der Waals surface area contributed by atoms with Gasteiger partial charge in [0.25, 0.3) is 5.91 Å². The smallest absolute Gasteiger partial charge is 0.250 e. The van der Waals surface area contributed by atoms with E-state index in [4.69, 9.17) is 14.5 Å². The third kappa shape index (κ3) is 5.40. The van der Waals surface area contributed by atoms with E-state index in [-0.39, 0.29) is 11.7 Å². The van der Waals surface area contributed by atoms with Crippen LogP contribution in [-0.4, -0.2) is 41.6 Å². The first-order chi connectivity index (χ1) is 16.6. The molecule has 1 amide bonds. The number of aromatic nitrogens is 2. The number of hydrogen-bond donors (Lipinski definition) is 1. The number of rotatable bonds is 9. The highest BCUT2D eigenvalue weighted by atomic mass is 32.2. The number of thioether (sulfide) groups is 1. The van der Waals surface area contributed by atoms with E-state index >= 15 is 0 Å². The number of nitrogens with one attached hydrogen (secondary N) is 1. The summed E-state index contributed by atoms with van der Waals surface area (Å²) in [7, 11) is 3.14. The fraction of sp³-hybridized carbons (Fsp3) is 0.192. The second-order valence-electron chi connectivity index (χ2n) is 7.62. The number of methoxy groups -OCH3 is 2. The van der Waals surface area contributed by atoms with Crippen LogP contribution < -0.4 is 14.9 Å². The first-order valence-corrected chi connectivity index (χ1v) is 11.7. The van der Waals surface area contributed by atoms with Crippen LogP contribution >= 0.6 is 11.8 Å². The Morgan fingerprint density at radius 2 is 1.85 bits per heavy atom. The highest BCUT2D eigenvalue weighted by Gasteiger charge is 2.13. The van der Waals surface area contributed by atoms with Gasteiger partial charge in [-0.2, -0.15) is 5.10 Å². The van der Waals surface area contributed by atoms with Crippen molar-refractivity contribution in [2.24, 2.45) is 5.10 Å². The molecule has 0 spiro atoms. The van der Waals surface area contributed by atoms with E-state index in [1.807, 2.05) is 36.4 Å². The molecule has 0 fully saturated rings. The maximum Gasteiger partial charge on any atom is 0.250 e. The van der Waals surface area contributed by atoms with Gasteiger partial charge in [-0.1, -0.05) is 59.8 Å². The molecule has 4 rings (SSSR count). The van der Waals surface area contributed by atoms with Gasteiger partial charge in [-0.05, 0) is 36.8 Å². The lowest BCUT2D eigenvalue weighted by Gasteiger charge is -2.10. The van der Waals surface area contributed by atoms with Crippen molar-refractivity contribution in [3.8, 4) is 11.5 Å². The van der Waals surface area contributed by atoms with Crippen LogP contribution in [0, 0.1) is 6.92 Å². The molecule has 0 atom stereocenters. The van der Waals surface area contributed by atoms with Gasteiger partial charge in [-0.25, -0.2) is 10.4 Å². The third-order valence-corrected chi connectivity index (χ3v) is 6.22. The normalized spacial score (nSPS) is 11.1. The monoisotopic (exact) mass is 474 g/mol. The number of hydrogen-bond acceptors (Lipinski definition) is 6. The van der Waals surface area contributed by atoms with E-state index in [1.165, 1.54) is 29.1 Å². The predicted octanol–water partition coefficient (Wildman–Crippen LogP) is 4.65. The van der Waals surface area contributed by atoms with Crippen molar-refractivity contribution in [2.75, 3.05) is 20.0 Å². The summed E-state index contributed by atoms with van der Waals surface area (Å²) in [6.07, 6.45) is 1.54. The number of fused-ring (bicyclic) bond motifs is 1. The zero-order valence-corrected chi connectivity index (χ0v) is 20.1. The number of imidazole rings is 1. The quantitative estimate of drug-likeness (QED) is 0.217. The highest BCUT2D eigenvalue weighted by Crippen LogP contribution is 2.29. The van der Waals surface area contributed by atoms with E-state index in [2.05, 4.69) is 46.3 Å². The van der Waals surface area contributed by atoms with Crippen LogP contribution in [0.1, 0.15) is 16.7 Å². The number of ether oxygens (including phenoxy) is 2. The molecule has 174 valence electrons. The lowest BCUT2D eigenvalue weighted by atomic mass is 10.1. The van der Waals surface area contributed by atoms with Crippen molar-refractivity contribution in [1.82, 2.24) is 15.0 Å². The van der Waals surface area contributed by atoms with Gasteiger partial charge in [-0.3, -0.25) is 4.79 Å². The largest absolute Gasteiger partial charge is 0.493 e. The van der Waals surface area contributed by atoms with E-state index in [0.717, 1.165) is 16.2 Å². The molecule has 0 radical (unpaired) electrons. The Morgan fingerprint density at radius 3 is 2.62 bits per heavy atom. The van der Waals surface area contributed by atoms with Crippen LogP contribution in [0.25, 0.3) is 11.0 Å². The maximum atomic E-state index is 12.5. The van der Waals surface area contributed by atoms with Crippen molar-refractivity contribution < 1.29 is 14.3 Å². The van der Waals surface area contributed by atoms with Gasteiger partial charge in [0, 0.05) is 5.56 Å². The molecule has 0 bridgehead atoms. The molecule has 1 heterocycles. The lowest BCUT2D eigenvalue weighted by molar-refractivity contribution is -0.118. The minimum absolute atomic E-state index is 0.184. The summed E-state index contributed by atoms with van der Waals surface area (Å²) in [5.74, 6) is 1.11. The Labute approximate surface area is 202 Å². The van der Waals surface area contributed by atoms with Gasteiger partial charge in [0.15, 0.2) is 16.7 Å². The summed E-state index contributed by atoms with van der Waals surface area (Å²) < 4.78 is 12.8. The van der Waals surface area contributed by atoms with Crippen LogP contribution in [0.3, 0.4) is 0 Å². The van der Waals surface area contributed by atoms with Gasteiger partial charge in [-0.15, -0.1) is 0 Å². The standard InChI is InChI=1S/C26H26N4O3S/c1-18-11-13-19(14-12-18)16-30-22-9-5-4-8-21(22)28-26(30)34-17-24(31)29-27-15-20-7-6-10-23(32-2)25(20)33-3/h4-15H,16-17H2,1-3H3,(H,29,31). The number of nitrogens with zero attached hydrogens (tertiary/aromatic N) is 3. The fourth-order valence-electron chi connectivity index (χ4n) is 3.54. The van der Waals surface area contributed by atoms with Crippen molar-refractivity contribution in [3.63, 3.8) is 0 Å². The van der Waals surface area contributed by atoms with Crippen LogP contribution in [0.2, 0.25) is 0 Å². The molecule has 34 heavy (non-hydrogen) atoms. The Morgan fingerprint density at radius 1 is 1.06 bits per heavy atom. The number of aryl methyl sites for hydroxylation is 1. The lowest BCUT2D eigenvalue weighted by Crippen LogP contribution is -2.20. The number of carbonyl (C=O) groups is 1. The molecule has 7 nitrogen and oxygen atoms in total. The SMILES string of the molecule is COc1cccc(C=NNC(=O)CSc2nc3ccccc3n2Cc2ccc(C)cc2)c1OC. The molecular weight excluding hydrogens is 448 g/mol. The molecular formula is C26H26N4O3S. The Kier molecular flexibility index (Phi) is 7.49. The number of benzene rings is 3. The third-order valence-electron chi connectivity index (χ3n) is 5.24. The molecule has 0 aliphatic carbocycles. The highest BCUT2D eigenvalue weighted by molar-refractivity contribution is 7.99. The van der Waals surface area contributed by atoms with E-state index in [0.29, 0.717) is 23.6 Å². The molecule has 1 N–H and O–H groups in total. The van der Waals surface area contributed by atoms with E-state index in [9.17, 15) is 4.79 Å². The van der Waals surface area contributed by atoms with Gasteiger partial charge in [0.1, 0.15) is 0 Å². The number of carbonyl (C=O) groups excluding carboxylic acids is 1. The molecule has 0 aliphatic heterocycles. The van der Waals surface area contributed by atoms with Crippen molar-refractivity contribution in [1.29, 1.82) is 0 Å². The van der Waals surface area contributed by atoms with E-state index in [1.54, 1.807) is 20.3 Å². The van der Waals surface area contributed by atoms with Crippen LogP contribution in [-0.2, 0) is 11.3 Å². The second-order valence-corrected chi connectivity index (χ2v) is 8.56. The average Bonchev–Trinajstić information content (AvgIpc) is 3.21. The van der Waals surface area contributed by atoms with Crippen molar-refractivity contribution in [3.05, 3.63) is 83.4 Å². The molecule has 1 aromatic heterocycles. The molecule has 3 aromatic carbocycles. The molecule has 0 aliphatic rings. The fourth-order valence-corrected chi connectivity index (χ4v) is 4.35. The topological polar surface area (TPSA) is 77.7 Å². The summed E-state index contributed by atoms with van der Waals surface area (Å²) in [5.41, 5.74) is 7.62. The summed E-state index contributed by atoms with van der Waals surface area (Å²) in [4.78, 5) is 17.2. The number of hydrazone groups is 1. The second kappa shape index (κ2) is 10.9. The first-order valence-electron chi connectivity index (χ1n) is 10.8. The summed E-state index contributed by atoms with van der Waals surface area (Å²) in [6, 6.07) is 21.9. The zero-order chi connectivity index (χ0) is 23.9. The summed E-state index contributed by atoms with van der Waals surface area (Å²) in [6.45, 7) is 2.75.